The first-order valence-corrected chi connectivity index (χ1v) is 8.55. The average molecular weight is 322 g/mol. The first kappa shape index (κ1) is 16.4. The summed E-state index contributed by atoms with van der Waals surface area (Å²) in [6, 6.07) is 15.1. The second kappa shape index (κ2) is 7.00. The molecule has 0 unspecified atom stereocenters. The Morgan fingerprint density at radius 3 is 2.38 bits per heavy atom. The summed E-state index contributed by atoms with van der Waals surface area (Å²) < 4.78 is 15.5. The number of benzene rings is 2. The summed E-state index contributed by atoms with van der Waals surface area (Å²) >= 11 is 0. The van der Waals surface area contributed by atoms with Crippen LogP contribution in [0, 0.1) is 12.7 Å². The van der Waals surface area contributed by atoms with Crippen molar-refractivity contribution in [2.75, 3.05) is 0 Å². The summed E-state index contributed by atoms with van der Waals surface area (Å²) in [5.41, 5.74) is 5.26. The minimum absolute atomic E-state index is 0.215. The van der Waals surface area contributed by atoms with E-state index in [1.54, 1.807) is 12.1 Å². The maximum Gasteiger partial charge on any atom is 0.123 e. The van der Waals surface area contributed by atoms with Crippen LogP contribution in [-0.4, -0.2) is 9.78 Å². The van der Waals surface area contributed by atoms with Crippen LogP contribution in [0.4, 0.5) is 4.39 Å². The van der Waals surface area contributed by atoms with Crippen LogP contribution in [0.1, 0.15) is 43.9 Å². The van der Waals surface area contributed by atoms with Crippen molar-refractivity contribution in [3.8, 4) is 16.8 Å². The van der Waals surface area contributed by atoms with Crippen LogP contribution in [0.25, 0.3) is 16.8 Å². The van der Waals surface area contributed by atoms with Crippen LogP contribution in [0.15, 0.2) is 54.7 Å². The van der Waals surface area contributed by atoms with Gasteiger partial charge in [0.15, 0.2) is 0 Å². The van der Waals surface area contributed by atoms with E-state index in [2.05, 4.69) is 37.1 Å². The maximum absolute atomic E-state index is 13.6. The van der Waals surface area contributed by atoms with E-state index in [4.69, 9.17) is 0 Å². The molecule has 3 heteroatoms. The predicted molar refractivity (Wildman–Crippen MR) is 97.0 cm³/mol. The quantitative estimate of drug-likeness (QED) is 0.572. The molecule has 0 aliphatic heterocycles. The molecule has 124 valence electrons. The van der Waals surface area contributed by atoms with Crippen LogP contribution in [0.3, 0.4) is 0 Å². The molecular weight excluding hydrogens is 299 g/mol. The van der Waals surface area contributed by atoms with Crippen LogP contribution < -0.4 is 0 Å². The van der Waals surface area contributed by atoms with Gasteiger partial charge in [0, 0.05) is 6.20 Å². The highest BCUT2D eigenvalue weighted by Gasteiger charge is 2.15. The fourth-order valence-electron chi connectivity index (χ4n) is 3.21. The van der Waals surface area contributed by atoms with Crippen molar-refractivity contribution < 1.29 is 4.39 Å². The minimum Gasteiger partial charge on any atom is -0.240 e. The molecule has 24 heavy (non-hydrogen) atoms. The van der Waals surface area contributed by atoms with Gasteiger partial charge in [-0.25, -0.2) is 9.07 Å². The molecule has 2 aromatic carbocycles. The number of aryl methyl sites for hydroxylation is 1. The van der Waals surface area contributed by atoms with Gasteiger partial charge in [0.05, 0.1) is 11.4 Å². The van der Waals surface area contributed by atoms with Gasteiger partial charge in [-0.15, -0.1) is 0 Å². The van der Waals surface area contributed by atoms with Gasteiger partial charge < -0.3 is 0 Å². The van der Waals surface area contributed by atoms with Crippen molar-refractivity contribution in [3.63, 3.8) is 0 Å². The van der Waals surface area contributed by atoms with Gasteiger partial charge in [0.2, 0.25) is 0 Å². The number of aromatic nitrogens is 2. The summed E-state index contributed by atoms with van der Waals surface area (Å²) in [7, 11) is 0. The molecule has 0 bridgehead atoms. The van der Waals surface area contributed by atoms with Crippen LogP contribution in [0.2, 0.25) is 0 Å². The lowest BCUT2D eigenvalue weighted by molar-refractivity contribution is 0.628. The van der Waals surface area contributed by atoms with Gasteiger partial charge >= 0.3 is 0 Å². The van der Waals surface area contributed by atoms with Crippen molar-refractivity contribution >= 4 is 0 Å². The summed E-state index contributed by atoms with van der Waals surface area (Å²) in [4.78, 5) is 0. The highest BCUT2D eigenvalue weighted by molar-refractivity contribution is 5.67. The number of hydrogen-bond acceptors (Lipinski definition) is 1. The van der Waals surface area contributed by atoms with Gasteiger partial charge in [-0.2, -0.15) is 5.10 Å². The maximum atomic E-state index is 13.6. The van der Waals surface area contributed by atoms with Crippen molar-refractivity contribution in [2.45, 2.75) is 39.5 Å². The van der Waals surface area contributed by atoms with Crippen molar-refractivity contribution in [1.82, 2.24) is 9.78 Å². The summed E-state index contributed by atoms with van der Waals surface area (Å²) in [6.45, 7) is 6.42. The van der Waals surface area contributed by atoms with E-state index in [0.29, 0.717) is 5.92 Å². The normalized spacial score (nSPS) is 11.2. The molecule has 0 atom stereocenters. The van der Waals surface area contributed by atoms with Crippen LogP contribution >= 0.6 is 0 Å². The third kappa shape index (κ3) is 3.25. The van der Waals surface area contributed by atoms with E-state index in [9.17, 15) is 4.39 Å². The highest BCUT2D eigenvalue weighted by atomic mass is 19.1. The molecule has 0 aliphatic rings. The number of hydrogen-bond donors (Lipinski definition) is 0. The Kier molecular flexibility index (Phi) is 4.79. The molecule has 0 radical (unpaired) electrons. The first-order valence-electron chi connectivity index (χ1n) is 8.55. The zero-order valence-electron chi connectivity index (χ0n) is 14.5. The zero-order chi connectivity index (χ0) is 17.1. The van der Waals surface area contributed by atoms with Crippen LogP contribution in [0.5, 0.6) is 0 Å². The standard InChI is InChI=1S/C21H23FN2/c1-4-16(5-2)20-10-9-18(17-7-6-8-19(22)13-17)14-21(20)24-12-11-15(3)23-24/h6-14,16H,4-5H2,1-3H3. The Hall–Kier alpha value is -2.42. The van der Waals surface area contributed by atoms with Gasteiger partial charge in [-0.05, 0) is 66.6 Å². The predicted octanol–water partition coefficient (Wildman–Crippen LogP) is 5.89. The number of halogens is 1. The number of rotatable bonds is 5. The molecule has 0 N–H and O–H groups in total. The molecule has 0 fully saturated rings. The van der Waals surface area contributed by atoms with Gasteiger partial charge in [0.1, 0.15) is 5.82 Å². The lowest BCUT2D eigenvalue weighted by Gasteiger charge is -2.19. The lowest BCUT2D eigenvalue weighted by Crippen LogP contribution is -2.05. The monoisotopic (exact) mass is 322 g/mol. The molecular formula is C21H23FN2. The van der Waals surface area contributed by atoms with Crippen molar-refractivity contribution in [3.05, 3.63) is 71.8 Å². The SMILES string of the molecule is CCC(CC)c1ccc(-c2cccc(F)c2)cc1-n1ccc(C)n1. The highest BCUT2D eigenvalue weighted by Crippen LogP contribution is 2.32. The summed E-state index contributed by atoms with van der Waals surface area (Å²) in [5, 5.41) is 4.59. The van der Waals surface area contributed by atoms with Gasteiger partial charge in [0.25, 0.3) is 0 Å². The molecule has 0 spiro atoms. The number of nitrogens with zero attached hydrogens (tertiary/aromatic N) is 2. The van der Waals surface area contributed by atoms with E-state index < -0.39 is 0 Å². The minimum atomic E-state index is -0.215. The first-order chi connectivity index (χ1) is 11.6. The van der Waals surface area contributed by atoms with E-state index in [0.717, 1.165) is 35.3 Å². The fourth-order valence-corrected chi connectivity index (χ4v) is 3.21. The third-order valence-corrected chi connectivity index (χ3v) is 4.58. The topological polar surface area (TPSA) is 17.8 Å². The van der Waals surface area contributed by atoms with Gasteiger partial charge in [-0.3, -0.25) is 0 Å². The second-order valence-corrected chi connectivity index (χ2v) is 6.20. The Bertz CT molecular complexity index is 831. The van der Waals surface area contributed by atoms with Gasteiger partial charge in [-0.1, -0.05) is 38.1 Å². The Morgan fingerprint density at radius 1 is 1.00 bits per heavy atom. The largest absolute Gasteiger partial charge is 0.240 e. The smallest absolute Gasteiger partial charge is 0.123 e. The second-order valence-electron chi connectivity index (χ2n) is 6.20. The molecule has 1 aromatic heterocycles. The van der Waals surface area contributed by atoms with E-state index in [1.807, 2.05) is 29.9 Å². The average Bonchev–Trinajstić information content (AvgIpc) is 3.02. The molecule has 0 saturated carbocycles. The van der Waals surface area contributed by atoms with Crippen molar-refractivity contribution in [2.24, 2.45) is 0 Å². The summed E-state index contributed by atoms with van der Waals surface area (Å²) in [6.07, 6.45) is 4.16. The molecule has 3 rings (SSSR count). The van der Waals surface area contributed by atoms with E-state index >= 15 is 0 Å². The Labute approximate surface area is 143 Å². The third-order valence-electron chi connectivity index (χ3n) is 4.58. The fraction of sp³-hybridized carbons (Fsp3) is 0.286. The molecule has 0 saturated heterocycles. The van der Waals surface area contributed by atoms with Crippen molar-refractivity contribution in [1.29, 1.82) is 0 Å². The lowest BCUT2D eigenvalue weighted by atomic mass is 9.90. The molecule has 0 aliphatic carbocycles. The zero-order valence-corrected chi connectivity index (χ0v) is 14.5. The van der Waals surface area contributed by atoms with E-state index in [-0.39, 0.29) is 5.82 Å². The molecule has 2 nitrogen and oxygen atoms in total. The Morgan fingerprint density at radius 2 is 1.75 bits per heavy atom. The Balaban J connectivity index is 2.15. The molecule has 3 aromatic rings. The summed E-state index contributed by atoms with van der Waals surface area (Å²) in [5.74, 6) is 0.277. The molecule has 0 amide bonds. The molecule has 1 heterocycles. The van der Waals surface area contributed by atoms with E-state index in [1.165, 1.54) is 11.6 Å². The van der Waals surface area contributed by atoms with Crippen LogP contribution in [-0.2, 0) is 0 Å².